The molecule has 0 aliphatic rings. The Morgan fingerprint density at radius 2 is 1.84 bits per heavy atom. The lowest BCUT2D eigenvalue weighted by Crippen LogP contribution is -2.14. The minimum Gasteiger partial charge on any atom is -0.438 e. The van der Waals surface area contributed by atoms with E-state index in [4.69, 9.17) is 4.74 Å². The largest absolute Gasteiger partial charge is 0.451 e. The van der Waals surface area contributed by atoms with Crippen molar-refractivity contribution in [2.75, 3.05) is 5.32 Å². The van der Waals surface area contributed by atoms with Crippen molar-refractivity contribution in [3.05, 3.63) is 53.5 Å². The van der Waals surface area contributed by atoms with Crippen molar-refractivity contribution in [1.82, 2.24) is 40.1 Å². The second kappa shape index (κ2) is 7.55. The number of H-pyrrole nitrogens is 2. The average Bonchev–Trinajstić information content (AvgIpc) is 3.43. The number of alkyl halides is 3. The maximum atomic E-state index is 12.7. The van der Waals surface area contributed by atoms with Crippen molar-refractivity contribution in [2.45, 2.75) is 20.0 Å². The molecule has 0 aliphatic heterocycles. The van der Waals surface area contributed by atoms with Gasteiger partial charge in [-0.05, 0) is 38.1 Å². The van der Waals surface area contributed by atoms with Gasteiger partial charge in [0.15, 0.2) is 0 Å². The van der Waals surface area contributed by atoms with E-state index >= 15 is 0 Å². The third-order valence-electron chi connectivity index (χ3n) is 3.92. The number of carbonyl (C=O) groups excluding carboxylic acids is 1. The molecule has 0 radical (unpaired) electrons. The van der Waals surface area contributed by atoms with Gasteiger partial charge in [-0.1, -0.05) is 0 Å². The lowest BCUT2D eigenvalue weighted by atomic mass is 10.3. The van der Waals surface area contributed by atoms with Gasteiger partial charge in [0.05, 0.1) is 0 Å². The maximum absolute atomic E-state index is 12.7. The summed E-state index contributed by atoms with van der Waals surface area (Å²) in [5.41, 5.74) is 1.28. The molecule has 3 aromatic heterocycles. The molecule has 1 amide bonds. The third-order valence-corrected chi connectivity index (χ3v) is 3.92. The van der Waals surface area contributed by atoms with Gasteiger partial charge in [-0.15, -0.1) is 15.3 Å². The topological polar surface area (TPSA) is 139 Å². The number of benzene rings is 1. The van der Waals surface area contributed by atoms with Crippen LogP contribution in [-0.4, -0.2) is 46.1 Å². The van der Waals surface area contributed by atoms with Gasteiger partial charge in [-0.2, -0.15) is 22.8 Å². The number of nitrogens with zero attached hydrogens (tertiary/aromatic N) is 6. The number of halogens is 3. The molecule has 0 saturated heterocycles. The van der Waals surface area contributed by atoms with Gasteiger partial charge in [-0.25, -0.2) is 4.98 Å². The van der Waals surface area contributed by atoms with Crippen molar-refractivity contribution in [1.29, 1.82) is 0 Å². The van der Waals surface area contributed by atoms with E-state index in [1.165, 1.54) is 6.92 Å². The van der Waals surface area contributed by atoms with Gasteiger partial charge in [0.2, 0.25) is 17.5 Å². The van der Waals surface area contributed by atoms with Gasteiger partial charge < -0.3 is 10.1 Å². The molecule has 0 aliphatic carbocycles. The summed E-state index contributed by atoms with van der Waals surface area (Å²) in [6, 6.07) is 8.18. The highest BCUT2D eigenvalue weighted by Gasteiger charge is 2.35. The van der Waals surface area contributed by atoms with E-state index in [9.17, 15) is 18.0 Å². The molecule has 11 nitrogen and oxygen atoms in total. The second-order valence-electron chi connectivity index (χ2n) is 6.35. The molecule has 1 aromatic carbocycles. The summed E-state index contributed by atoms with van der Waals surface area (Å²) in [6.45, 7) is 3.29. The zero-order valence-electron chi connectivity index (χ0n) is 16.0. The standard InChI is InChI=1S/C17H14F3N9O2/c1-8-7-12(25-24-8)31-11-5-3-10(4-6-11)22-14(30)13-21-9(2)29(28-13)16-23-15(26-27-16)17(18,19)20/h3-7H,1-2H3,(H,22,30)(H,24,25)(H,23,26,27). The Hall–Kier alpha value is -4.23. The van der Waals surface area contributed by atoms with Crippen LogP contribution in [0.25, 0.3) is 5.95 Å². The molecule has 160 valence electrons. The van der Waals surface area contributed by atoms with Crippen molar-refractivity contribution in [3.8, 4) is 17.6 Å². The van der Waals surface area contributed by atoms with Crippen molar-refractivity contribution in [2.24, 2.45) is 0 Å². The molecular formula is C17H14F3N9O2. The lowest BCUT2D eigenvalue weighted by molar-refractivity contribution is -0.144. The number of ether oxygens (including phenoxy) is 1. The van der Waals surface area contributed by atoms with Crippen LogP contribution in [0.2, 0.25) is 0 Å². The van der Waals surface area contributed by atoms with Crippen molar-refractivity contribution in [3.63, 3.8) is 0 Å². The first kappa shape index (κ1) is 20.1. The molecule has 14 heteroatoms. The third kappa shape index (κ3) is 4.36. The van der Waals surface area contributed by atoms with Crippen LogP contribution in [0.1, 0.15) is 28.0 Å². The fourth-order valence-electron chi connectivity index (χ4n) is 2.51. The number of amides is 1. The number of aromatic amines is 2. The predicted molar refractivity (Wildman–Crippen MR) is 98.8 cm³/mol. The number of nitrogens with one attached hydrogen (secondary N) is 3. The summed E-state index contributed by atoms with van der Waals surface area (Å²) in [4.78, 5) is 19.7. The van der Waals surface area contributed by atoms with E-state index in [1.807, 2.05) is 6.92 Å². The molecule has 3 N–H and O–H groups in total. The highest BCUT2D eigenvalue weighted by Crippen LogP contribution is 2.26. The Bertz CT molecular complexity index is 1220. The molecule has 0 spiro atoms. The molecule has 31 heavy (non-hydrogen) atoms. The monoisotopic (exact) mass is 433 g/mol. The molecule has 4 aromatic rings. The maximum Gasteiger partial charge on any atom is 0.451 e. The fraction of sp³-hybridized carbons (Fsp3) is 0.176. The Balaban J connectivity index is 1.45. The molecule has 0 fully saturated rings. The first-order valence-electron chi connectivity index (χ1n) is 8.74. The first-order chi connectivity index (χ1) is 14.7. The molecule has 0 unspecified atom stereocenters. The molecule has 3 heterocycles. The first-order valence-corrected chi connectivity index (χ1v) is 8.74. The van der Waals surface area contributed by atoms with Crippen LogP contribution in [-0.2, 0) is 6.18 Å². The van der Waals surface area contributed by atoms with Crippen LogP contribution in [0.3, 0.4) is 0 Å². The zero-order valence-corrected chi connectivity index (χ0v) is 16.0. The van der Waals surface area contributed by atoms with E-state index in [-0.39, 0.29) is 17.6 Å². The number of anilines is 1. The Morgan fingerprint density at radius 3 is 2.45 bits per heavy atom. The quantitative estimate of drug-likeness (QED) is 0.440. The summed E-state index contributed by atoms with van der Waals surface area (Å²) in [6.07, 6.45) is -4.69. The SMILES string of the molecule is Cc1cc(Oc2ccc(NC(=O)c3nc(C)n(-c4n[nH]c(C(F)(F)F)n4)n3)cc2)n[nH]1. The van der Waals surface area contributed by atoms with Crippen LogP contribution in [0.5, 0.6) is 11.6 Å². The highest BCUT2D eigenvalue weighted by atomic mass is 19.4. The van der Waals surface area contributed by atoms with E-state index in [2.05, 4.69) is 35.7 Å². The highest BCUT2D eigenvalue weighted by molar-refractivity contribution is 6.01. The van der Waals surface area contributed by atoms with E-state index < -0.39 is 17.9 Å². The number of aromatic nitrogens is 8. The number of rotatable bonds is 5. The second-order valence-corrected chi connectivity index (χ2v) is 6.35. The summed E-state index contributed by atoms with van der Waals surface area (Å²) >= 11 is 0. The number of carbonyl (C=O) groups is 1. The van der Waals surface area contributed by atoms with Gasteiger partial charge in [0.25, 0.3) is 11.9 Å². The summed E-state index contributed by atoms with van der Waals surface area (Å²) in [7, 11) is 0. The van der Waals surface area contributed by atoms with Gasteiger partial charge >= 0.3 is 6.18 Å². The summed E-state index contributed by atoms with van der Waals surface area (Å²) < 4.78 is 44.6. The van der Waals surface area contributed by atoms with Crippen molar-refractivity contribution >= 4 is 11.6 Å². The normalized spacial score (nSPS) is 11.5. The van der Waals surface area contributed by atoms with Gasteiger partial charge in [0, 0.05) is 17.4 Å². The van der Waals surface area contributed by atoms with Crippen LogP contribution in [0.15, 0.2) is 30.3 Å². The molecule has 0 saturated carbocycles. The minimum absolute atomic E-state index is 0.135. The number of hydrogen-bond donors (Lipinski definition) is 3. The van der Waals surface area contributed by atoms with E-state index in [0.717, 1.165) is 10.4 Å². The average molecular weight is 433 g/mol. The van der Waals surface area contributed by atoms with Crippen LogP contribution >= 0.6 is 0 Å². The molecule has 4 rings (SSSR count). The van der Waals surface area contributed by atoms with Crippen molar-refractivity contribution < 1.29 is 22.7 Å². The van der Waals surface area contributed by atoms with E-state index in [0.29, 0.717) is 17.3 Å². The Kier molecular flexibility index (Phi) is 4.88. The molecule has 0 atom stereocenters. The van der Waals surface area contributed by atoms with Crippen LogP contribution in [0.4, 0.5) is 18.9 Å². The smallest absolute Gasteiger partial charge is 0.438 e. The number of hydrogen-bond acceptors (Lipinski definition) is 7. The Morgan fingerprint density at radius 1 is 1.10 bits per heavy atom. The van der Waals surface area contributed by atoms with Crippen LogP contribution in [0, 0.1) is 13.8 Å². The lowest BCUT2D eigenvalue weighted by Gasteiger charge is -2.05. The fourth-order valence-corrected chi connectivity index (χ4v) is 2.51. The zero-order chi connectivity index (χ0) is 22.2. The summed E-state index contributed by atoms with van der Waals surface area (Å²) in [5.74, 6) is -1.54. The Labute approximate surface area is 171 Å². The summed E-state index contributed by atoms with van der Waals surface area (Å²) in [5, 5.41) is 18.4. The van der Waals surface area contributed by atoms with Gasteiger partial charge in [0.1, 0.15) is 11.6 Å². The van der Waals surface area contributed by atoms with Crippen LogP contribution < -0.4 is 10.1 Å². The predicted octanol–water partition coefficient (Wildman–Crippen LogP) is 2.79. The molecule has 0 bridgehead atoms. The number of aryl methyl sites for hydroxylation is 2. The van der Waals surface area contributed by atoms with Gasteiger partial charge in [-0.3, -0.25) is 15.0 Å². The molecular weight excluding hydrogens is 419 g/mol. The van der Waals surface area contributed by atoms with E-state index in [1.54, 1.807) is 35.4 Å². The minimum atomic E-state index is -4.69.